The van der Waals surface area contributed by atoms with Crippen LogP contribution in [0.3, 0.4) is 0 Å². The van der Waals surface area contributed by atoms with E-state index in [-0.39, 0.29) is 36.3 Å². The number of aromatic nitrogens is 1. The van der Waals surface area contributed by atoms with Crippen molar-refractivity contribution in [3.8, 4) is 5.75 Å². The molecule has 2 heterocycles. The maximum atomic E-state index is 13.5. The van der Waals surface area contributed by atoms with E-state index in [1.165, 1.54) is 7.11 Å². The highest BCUT2D eigenvalue weighted by molar-refractivity contribution is 6.02. The second-order valence-electron chi connectivity index (χ2n) is 10.1. The van der Waals surface area contributed by atoms with Gasteiger partial charge in [0.05, 0.1) is 14.2 Å². The number of amides is 3. The quantitative estimate of drug-likeness (QED) is 0.294. The average Bonchev–Trinajstić information content (AvgIpc) is 3.36. The summed E-state index contributed by atoms with van der Waals surface area (Å²) in [4.78, 5) is 54.7. The summed E-state index contributed by atoms with van der Waals surface area (Å²) >= 11 is 0. The minimum Gasteiger partial charge on any atom is -0.496 e. The number of carbonyl (C=O) groups excluding carboxylic acids is 4. The Hall–Kier alpha value is -4.34. The molecule has 4 rings (SSSR count). The number of para-hydroxylation sites is 1. The van der Waals surface area contributed by atoms with E-state index in [1.807, 2.05) is 44.2 Å². The second-order valence-corrected chi connectivity index (χ2v) is 10.1. The van der Waals surface area contributed by atoms with E-state index in [1.54, 1.807) is 25.3 Å². The second kappa shape index (κ2) is 12.0. The third-order valence-electron chi connectivity index (χ3n) is 6.85. The molecular formula is C29H34N4O6. The number of benzene rings is 2. The van der Waals surface area contributed by atoms with Gasteiger partial charge in [-0.3, -0.25) is 14.4 Å². The van der Waals surface area contributed by atoms with Crippen molar-refractivity contribution >= 4 is 40.3 Å². The minimum atomic E-state index is -1.00. The number of fused-ring (bicyclic) bond motifs is 2. The van der Waals surface area contributed by atoms with Gasteiger partial charge in [0.2, 0.25) is 11.8 Å². The van der Waals surface area contributed by atoms with Gasteiger partial charge in [-0.1, -0.05) is 38.1 Å². The molecule has 0 aliphatic carbocycles. The molecule has 2 unspecified atom stereocenters. The van der Waals surface area contributed by atoms with Gasteiger partial charge >= 0.3 is 5.97 Å². The molecule has 2 aromatic carbocycles. The molecule has 1 aliphatic heterocycles. The molecule has 0 bridgehead atoms. The fourth-order valence-corrected chi connectivity index (χ4v) is 4.99. The first kappa shape index (κ1) is 27.7. The molecule has 0 fully saturated rings. The van der Waals surface area contributed by atoms with Gasteiger partial charge in [-0.05, 0) is 54.5 Å². The highest BCUT2D eigenvalue weighted by Gasteiger charge is 2.33. The molecular weight excluding hydrogens is 500 g/mol. The van der Waals surface area contributed by atoms with Gasteiger partial charge in [-0.15, -0.1) is 0 Å². The summed E-state index contributed by atoms with van der Waals surface area (Å²) in [6.07, 6.45) is 0.701. The first-order chi connectivity index (χ1) is 18.7. The number of hydrogen-bond donors (Lipinski definition) is 4. The van der Waals surface area contributed by atoms with Crippen molar-refractivity contribution in [2.45, 2.75) is 51.1 Å². The van der Waals surface area contributed by atoms with Gasteiger partial charge in [-0.2, -0.15) is 0 Å². The summed E-state index contributed by atoms with van der Waals surface area (Å²) in [5.41, 5.74) is 2.59. The van der Waals surface area contributed by atoms with Crippen molar-refractivity contribution in [1.82, 2.24) is 15.6 Å². The van der Waals surface area contributed by atoms with Crippen LogP contribution in [0.2, 0.25) is 0 Å². The van der Waals surface area contributed by atoms with Crippen molar-refractivity contribution in [3.05, 3.63) is 59.8 Å². The van der Waals surface area contributed by atoms with Gasteiger partial charge in [0.25, 0.3) is 5.91 Å². The molecule has 39 heavy (non-hydrogen) atoms. The lowest BCUT2D eigenvalue weighted by Crippen LogP contribution is -2.52. The van der Waals surface area contributed by atoms with E-state index in [2.05, 4.69) is 20.9 Å². The Kier molecular flexibility index (Phi) is 8.53. The zero-order chi connectivity index (χ0) is 28.1. The molecule has 1 aliphatic rings. The zero-order valence-electron chi connectivity index (χ0n) is 22.5. The summed E-state index contributed by atoms with van der Waals surface area (Å²) in [5.74, 6) is -1.33. The molecule has 1 aromatic heterocycles. The number of esters is 1. The largest absolute Gasteiger partial charge is 0.496 e. The van der Waals surface area contributed by atoms with Crippen LogP contribution in [0.25, 0.3) is 10.9 Å². The molecule has 4 N–H and O–H groups in total. The molecule has 206 valence electrons. The lowest BCUT2D eigenvalue weighted by Gasteiger charge is -2.29. The Bertz CT molecular complexity index is 1380. The monoisotopic (exact) mass is 534 g/mol. The van der Waals surface area contributed by atoms with Crippen molar-refractivity contribution < 1.29 is 28.7 Å². The zero-order valence-corrected chi connectivity index (χ0v) is 22.5. The lowest BCUT2D eigenvalue weighted by atomic mass is 9.85. The van der Waals surface area contributed by atoms with Crippen molar-refractivity contribution in [2.75, 3.05) is 19.5 Å². The number of hydrogen-bond acceptors (Lipinski definition) is 6. The van der Waals surface area contributed by atoms with Gasteiger partial charge in [0.15, 0.2) is 0 Å². The third kappa shape index (κ3) is 6.39. The number of anilines is 1. The van der Waals surface area contributed by atoms with Crippen LogP contribution in [0.5, 0.6) is 5.75 Å². The number of carbonyl (C=O) groups is 4. The third-order valence-corrected chi connectivity index (χ3v) is 6.85. The summed E-state index contributed by atoms with van der Waals surface area (Å²) in [7, 11) is 2.81. The Morgan fingerprint density at radius 3 is 2.51 bits per heavy atom. The van der Waals surface area contributed by atoms with Crippen LogP contribution >= 0.6 is 0 Å². The van der Waals surface area contributed by atoms with E-state index >= 15 is 0 Å². The Labute approximate surface area is 226 Å². The van der Waals surface area contributed by atoms with Gasteiger partial charge in [0, 0.05) is 23.0 Å². The van der Waals surface area contributed by atoms with E-state index in [9.17, 15) is 19.2 Å². The van der Waals surface area contributed by atoms with Crippen molar-refractivity contribution in [1.29, 1.82) is 0 Å². The van der Waals surface area contributed by atoms with Crippen LogP contribution in [0, 0.1) is 5.92 Å². The maximum absolute atomic E-state index is 13.5. The predicted molar refractivity (Wildman–Crippen MR) is 147 cm³/mol. The summed E-state index contributed by atoms with van der Waals surface area (Å²) in [6.45, 7) is 3.88. The van der Waals surface area contributed by atoms with E-state index in [4.69, 9.17) is 9.47 Å². The van der Waals surface area contributed by atoms with Crippen LogP contribution in [0.4, 0.5) is 5.69 Å². The van der Waals surface area contributed by atoms with Crippen molar-refractivity contribution in [3.63, 3.8) is 0 Å². The molecule has 3 aromatic rings. The Balaban J connectivity index is 1.52. The SMILES string of the molecule is COC(=O)C(CC1CC(=O)Nc2ccccc21)NC(=O)[C@H](CC(C)C)NC(=O)c1cc2c(OC)cccc2[nH]1. The van der Waals surface area contributed by atoms with Crippen LogP contribution in [0.15, 0.2) is 48.5 Å². The van der Waals surface area contributed by atoms with E-state index in [0.29, 0.717) is 17.9 Å². The molecule has 3 amide bonds. The van der Waals surface area contributed by atoms with Gasteiger partial charge in [-0.25, -0.2) is 4.79 Å². The number of aromatic amines is 1. The first-order valence-corrected chi connectivity index (χ1v) is 12.9. The molecule has 0 saturated heterocycles. The Morgan fingerprint density at radius 2 is 1.79 bits per heavy atom. The van der Waals surface area contributed by atoms with E-state index in [0.717, 1.165) is 16.5 Å². The fourth-order valence-electron chi connectivity index (χ4n) is 4.99. The number of nitrogens with one attached hydrogen (secondary N) is 4. The molecule has 0 spiro atoms. The summed E-state index contributed by atoms with van der Waals surface area (Å²) in [6, 6.07) is 12.6. The number of methoxy groups -OCH3 is 2. The van der Waals surface area contributed by atoms with Gasteiger partial charge in [0.1, 0.15) is 23.5 Å². The summed E-state index contributed by atoms with van der Waals surface area (Å²) in [5, 5.41) is 9.18. The molecule has 3 atom stereocenters. The van der Waals surface area contributed by atoms with Crippen LogP contribution in [-0.2, 0) is 19.1 Å². The van der Waals surface area contributed by atoms with Crippen LogP contribution in [-0.4, -0.2) is 55.0 Å². The average molecular weight is 535 g/mol. The molecule has 10 nitrogen and oxygen atoms in total. The maximum Gasteiger partial charge on any atom is 0.328 e. The van der Waals surface area contributed by atoms with Crippen LogP contribution < -0.4 is 20.7 Å². The van der Waals surface area contributed by atoms with Crippen LogP contribution in [0.1, 0.15) is 55.1 Å². The highest BCUT2D eigenvalue weighted by Crippen LogP contribution is 2.35. The molecule has 0 saturated carbocycles. The first-order valence-electron chi connectivity index (χ1n) is 12.9. The summed E-state index contributed by atoms with van der Waals surface area (Å²) < 4.78 is 10.4. The number of ether oxygens (including phenoxy) is 2. The number of rotatable bonds is 10. The smallest absolute Gasteiger partial charge is 0.328 e. The topological polar surface area (TPSA) is 139 Å². The normalized spacial score (nSPS) is 16.1. The number of H-pyrrole nitrogens is 1. The van der Waals surface area contributed by atoms with Gasteiger partial charge < -0.3 is 30.4 Å². The standard InChI is InChI=1S/C29H34N4O6/c1-16(2)12-22(32-28(36)23-15-19-21(30-23)10-7-11-25(19)38-3)27(35)33-24(29(37)39-4)13-17-14-26(34)31-20-9-6-5-8-18(17)20/h5-11,15-17,22,24,30H,12-14H2,1-4H3,(H,31,34)(H,32,36)(H,33,35)/t17?,22-,24?/m0/s1. The lowest BCUT2D eigenvalue weighted by molar-refractivity contribution is -0.145. The fraction of sp³-hybridized carbons (Fsp3) is 0.379. The minimum absolute atomic E-state index is 0.0781. The Morgan fingerprint density at radius 1 is 1.03 bits per heavy atom. The van der Waals surface area contributed by atoms with Crippen molar-refractivity contribution in [2.24, 2.45) is 5.92 Å². The van der Waals surface area contributed by atoms with E-state index < -0.39 is 29.9 Å². The molecule has 10 heteroatoms. The predicted octanol–water partition coefficient (Wildman–Crippen LogP) is 3.49. The molecule has 0 radical (unpaired) electrons. The highest BCUT2D eigenvalue weighted by atomic mass is 16.5.